The van der Waals surface area contributed by atoms with Crippen molar-refractivity contribution in [3.8, 4) is 0 Å². The molecule has 0 fully saturated rings. The monoisotopic (exact) mass is 214 g/mol. The highest BCUT2D eigenvalue weighted by atomic mass is 32.1. The van der Waals surface area contributed by atoms with E-state index in [0.29, 0.717) is 6.54 Å². The Hall–Kier alpha value is -1.10. The Labute approximate surface area is 87.2 Å². The number of aliphatic carboxylic acids is 1. The molecule has 5 heteroatoms. The summed E-state index contributed by atoms with van der Waals surface area (Å²) in [5.74, 6) is -0.771. The topological polar surface area (TPSA) is 53.4 Å². The molecule has 0 atom stereocenters. The van der Waals surface area contributed by atoms with E-state index in [0.717, 1.165) is 5.13 Å². The van der Waals surface area contributed by atoms with Gasteiger partial charge >= 0.3 is 5.97 Å². The molecule has 0 spiro atoms. The van der Waals surface area contributed by atoms with Crippen LogP contribution in [0.1, 0.15) is 20.3 Å². The van der Waals surface area contributed by atoms with Crippen LogP contribution in [0, 0.1) is 0 Å². The summed E-state index contributed by atoms with van der Waals surface area (Å²) >= 11 is 1.53. The number of carboxylic acid groups (broad SMARTS) is 1. The van der Waals surface area contributed by atoms with Gasteiger partial charge < -0.3 is 10.0 Å². The molecule has 0 saturated heterocycles. The third-order valence-corrected chi connectivity index (χ3v) is 2.66. The SMILES string of the molecule is CC(C)N(CCC(=O)O)c1nccs1. The van der Waals surface area contributed by atoms with Crippen LogP contribution in [0.3, 0.4) is 0 Å². The van der Waals surface area contributed by atoms with Gasteiger partial charge in [0.1, 0.15) is 0 Å². The molecule has 0 bridgehead atoms. The minimum absolute atomic E-state index is 0.151. The molecule has 0 amide bonds. The molecule has 0 aromatic carbocycles. The van der Waals surface area contributed by atoms with E-state index in [1.807, 2.05) is 24.1 Å². The van der Waals surface area contributed by atoms with Gasteiger partial charge in [-0.15, -0.1) is 11.3 Å². The smallest absolute Gasteiger partial charge is 0.305 e. The van der Waals surface area contributed by atoms with Crippen LogP contribution in [0.4, 0.5) is 5.13 Å². The van der Waals surface area contributed by atoms with Gasteiger partial charge in [-0.3, -0.25) is 4.79 Å². The van der Waals surface area contributed by atoms with Gasteiger partial charge in [-0.25, -0.2) is 4.98 Å². The largest absolute Gasteiger partial charge is 0.481 e. The third kappa shape index (κ3) is 2.99. The Morgan fingerprint density at radius 2 is 2.43 bits per heavy atom. The summed E-state index contributed by atoms with van der Waals surface area (Å²) in [6.45, 7) is 4.58. The third-order valence-electron chi connectivity index (χ3n) is 1.85. The normalized spacial score (nSPS) is 10.5. The van der Waals surface area contributed by atoms with Gasteiger partial charge in [0.15, 0.2) is 5.13 Å². The van der Waals surface area contributed by atoms with Crippen LogP contribution in [0.25, 0.3) is 0 Å². The first-order chi connectivity index (χ1) is 6.61. The van der Waals surface area contributed by atoms with Crippen molar-refractivity contribution in [1.82, 2.24) is 4.98 Å². The molecule has 1 aromatic heterocycles. The quantitative estimate of drug-likeness (QED) is 0.812. The van der Waals surface area contributed by atoms with Crippen LogP contribution in [-0.2, 0) is 4.79 Å². The Morgan fingerprint density at radius 3 is 2.86 bits per heavy atom. The van der Waals surface area contributed by atoms with E-state index < -0.39 is 5.97 Å². The molecule has 0 aliphatic rings. The summed E-state index contributed by atoms with van der Waals surface area (Å²) < 4.78 is 0. The highest BCUT2D eigenvalue weighted by Crippen LogP contribution is 2.19. The number of thiazole rings is 1. The maximum atomic E-state index is 10.5. The molecule has 0 aliphatic heterocycles. The number of rotatable bonds is 5. The maximum absolute atomic E-state index is 10.5. The number of aromatic nitrogens is 1. The van der Waals surface area contributed by atoms with E-state index in [-0.39, 0.29) is 12.5 Å². The molecular formula is C9H14N2O2S. The first kappa shape index (κ1) is 11.0. The second kappa shape index (κ2) is 4.95. The van der Waals surface area contributed by atoms with Crippen molar-refractivity contribution in [3.05, 3.63) is 11.6 Å². The Balaban J connectivity index is 2.61. The molecule has 1 heterocycles. The molecule has 14 heavy (non-hydrogen) atoms. The fourth-order valence-electron chi connectivity index (χ4n) is 1.15. The molecule has 1 N–H and O–H groups in total. The van der Waals surface area contributed by atoms with Crippen molar-refractivity contribution in [3.63, 3.8) is 0 Å². The molecule has 78 valence electrons. The van der Waals surface area contributed by atoms with E-state index >= 15 is 0 Å². The molecule has 0 unspecified atom stereocenters. The number of hydrogen-bond donors (Lipinski definition) is 1. The zero-order valence-electron chi connectivity index (χ0n) is 8.30. The molecular weight excluding hydrogens is 200 g/mol. The van der Waals surface area contributed by atoms with Crippen molar-refractivity contribution in [2.24, 2.45) is 0 Å². The zero-order chi connectivity index (χ0) is 10.6. The van der Waals surface area contributed by atoms with Crippen molar-refractivity contribution in [2.45, 2.75) is 26.3 Å². The lowest BCUT2D eigenvalue weighted by atomic mass is 10.3. The molecule has 1 rings (SSSR count). The second-order valence-electron chi connectivity index (χ2n) is 3.25. The highest BCUT2D eigenvalue weighted by Gasteiger charge is 2.13. The minimum atomic E-state index is -0.771. The van der Waals surface area contributed by atoms with Crippen molar-refractivity contribution in [1.29, 1.82) is 0 Å². The lowest BCUT2D eigenvalue weighted by molar-refractivity contribution is -0.136. The van der Waals surface area contributed by atoms with E-state index in [1.54, 1.807) is 6.20 Å². The average Bonchev–Trinajstić information content (AvgIpc) is 2.56. The molecule has 0 aliphatic carbocycles. The maximum Gasteiger partial charge on any atom is 0.305 e. The molecule has 1 aromatic rings. The Kier molecular flexibility index (Phi) is 3.88. The Morgan fingerprint density at radius 1 is 1.71 bits per heavy atom. The van der Waals surface area contributed by atoms with Crippen molar-refractivity contribution in [2.75, 3.05) is 11.4 Å². The van der Waals surface area contributed by atoms with E-state index in [2.05, 4.69) is 4.98 Å². The van der Waals surface area contributed by atoms with Crippen molar-refractivity contribution < 1.29 is 9.90 Å². The van der Waals surface area contributed by atoms with Crippen LogP contribution in [-0.4, -0.2) is 28.6 Å². The first-order valence-corrected chi connectivity index (χ1v) is 5.37. The zero-order valence-corrected chi connectivity index (χ0v) is 9.12. The number of carbonyl (C=O) groups is 1. The fourth-order valence-corrected chi connectivity index (χ4v) is 1.95. The highest BCUT2D eigenvalue weighted by molar-refractivity contribution is 7.13. The van der Waals surface area contributed by atoms with Crippen molar-refractivity contribution >= 4 is 22.4 Å². The van der Waals surface area contributed by atoms with E-state index in [4.69, 9.17) is 5.11 Å². The number of anilines is 1. The lowest BCUT2D eigenvalue weighted by Gasteiger charge is -2.25. The predicted molar refractivity (Wildman–Crippen MR) is 56.8 cm³/mol. The molecule has 0 saturated carbocycles. The summed E-state index contributed by atoms with van der Waals surface area (Å²) in [5.41, 5.74) is 0. The Bertz CT molecular complexity index is 285. The molecule has 0 radical (unpaired) electrons. The van der Waals surface area contributed by atoms with Gasteiger partial charge in [0.2, 0.25) is 0 Å². The van der Waals surface area contributed by atoms with E-state index in [9.17, 15) is 4.79 Å². The number of carboxylic acids is 1. The summed E-state index contributed by atoms with van der Waals surface area (Å²) in [4.78, 5) is 16.6. The summed E-state index contributed by atoms with van der Waals surface area (Å²) in [7, 11) is 0. The lowest BCUT2D eigenvalue weighted by Crippen LogP contribution is -2.32. The van der Waals surface area contributed by atoms with Crippen LogP contribution in [0.2, 0.25) is 0 Å². The summed E-state index contributed by atoms with van der Waals surface area (Å²) in [6.07, 6.45) is 1.88. The van der Waals surface area contributed by atoms with Gasteiger partial charge in [-0.05, 0) is 13.8 Å². The molecule has 4 nitrogen and oxygen atoms in total. The minimum Gasteiger partial charge on any atom is -0.481 e. The summed E-state index contributed by atoms with van der Waals surface area (Å²) in [5, 5.41) is 11.4. The van der Waals surface area contributed by atoms with Crippen LogP contribution in [0.15, 0.2) is 11.6 Å². The van der Waals surface area contributed by atoms with Gasteiger partial charge in [0, 0.05) is 24.2 Å². The van der Waals surface area contributed by atoms with E-state index in [1.165, 1.54) is 11.3 Å². The van der Waals surface area contributed by atoms with Crippen LogP contribution >= 0.6 is 11.3 Å². The van der Waals surface area contributed by atoms with Gasteiger partial charge in [-0.2, -0.15) is 0 Å². The summed E-state index contributed by atoms with van der Waals surface area (Å²) in [6, 6.07) is 0.278. The fraction of sp³-hybridized carbons (Fsp3) is 0.556. The van der Waals surface area contributed by atoms with Gasteiger partial charge in [0.05, 0.1) is 6.42 Å². The van der Waals surface area contributed by atoms with Gasteiger partial charge in [0.25, 0.3) is 0 Å². The number of nitrogens with zero attached hydrogens (tertiary/aromatic N) is 2. The standard InChI is InChI=1S/C9H14N2O2S/c1-7(2)11(5-3-8(12)13)9-10-4-6-14-9/h4,6-7H,3,5H2,1-2H3,(H,12,13). The van der Waals surface area contributed by atoms with Crippen LogP contribution in [0.5, 0.6) is 0 Å². The first-order valence-electron chi connectivity index (χ1n) is 4.49. The average molecular weight is 214 g/mol. The van der Waals surface area contributed by atoms with Gasteiger partial charge in [-0.1, -0.05) is 0 Å². The number of hydrogen-bond acceptors (Lipinski definition) is 4. The second-order valence-corrected chi connectivity index (χ2v) is 4.12. The van der Waals surface area contributed by atoms with Crippen LogP contribution < -0.4 is 4.90 Å². The predicted octanol–water partition coefficient (Wildman–Crippen LogP) is 1.83.